The van der Waals surface area contributed by atoms with Crippen LogP contribution in [0.5, 0.6) is 0 Å². The summed E-state index contributed by atoms with van der Waals surface area (Å²) >= 11 is 0.903. The SMILES string of the molecule is Cn1ncc(NC(=O)c2csc(-c3c(F)cc(C4(O)COC4)cc3F)n2)c1C1CCC(N)C(F)CO1. The van der Waals surface area contributed by atoms with E-state index in [1.54, 1.807) is 7.05 Å². The van der Waals surface area contributed by atoms with Crippen LogP contribution in [0.25, 0.3) is 10.6 Å². The van der Waals surface area contributed by atoms with Crippen LogP contribution >= 0.6 is 11.3 Å². The molecule has 0 bridgehead atoms. The number of aromatic nitrogens is 3. The summed E-state index contributed by atoms with van der Waals surface area (Å²) in [5.74, 6) is -2.43. The van der Waals surface area contributed by atoms with Crippen molar-refractivity contribution in [1.29, 1.82) is 0 Å². The molecule has 4 N–H and O–H groups in total. The van der Waals surface area contributed by atoms with Gasteiger partial charge in [-0.1, -0.05) is 0 Å². The number of hydrogen-bond acceptors (Lipinski definition) is 8. The monoisotopic (exact) mass is 523 g/mol. The molecule has 0 saturated carbocycles. The molecular weight excluding hydrogens is 499 g/mol. The van der Waals surface area contributed by atoms with E-state index in [4.69, 9.17) is 15.2 Å². The highest BCUT2D eigenvalue weighted by Gasteiger charge is 2.39. The molecule has 192 valence electrons. The van der Waals surface area contributed by atoms with Crippen molar-refractivity contribution in [2.24, 2.45) is 12.8 Å². The number of carbonyl (C=O) groups is 1. The predicted molar refractivity (Wildman–Crippen MR) is 124 cm³/mol. The quantitative estimate of drug-likeness (QED) is 0.470. The van der Waals surface area contributed by atoms with E-state index in [1.807, 2.05) is 0 Å². The summed E-state index contributed by atoms with van der Waals surface area (Å²) in [6.45, 7) is -0.257. The third-order valence-corrected chi connectivity index (χ3v) is 7.29. The van der Waals surface area contributed by atoms with Crippen LogP contribution in [0.15, 0.2) is 23.7 Å². The largest absolute Gasteiger partial charge is 0.380 e. The number of amides is 1. The maximum absolute atomic E-state index is 14.8. The zero-order valence-corrected chi connectivity index (χ0v) is 20.0. The summed E-state index contributed by atoms with van der Waals surface area (Å²) < 4.78 is 55.7. The Hall–Kier alpha value is -2.84. The van der Waals surface area contributed by atoms with Gasteiger partial charge in [0.1, 0.15) is 40.2 Å². The maximum Gasteiger partial charge on any atom is 0.275 e. The molecule has 3 atom stereocenters. The lowest BCUT2D eigenvalue weighted by atomic mass is 9.91. The molecule has 2 aliphatic rings. The van der Waals surface area contributed by atoms with Gasteiger partial charge in [0.15, 0.2) is 0 Å². The Morgan fingerprint density at radius 1 is 1.31 bits per heavy atom. The van der Waals surface area contributed by atoms with Crippen molar-refractivity contribution >= 4 is 22.9 Å². The smallest absolute Gasteiger partial charge is 0.275 e. The van der Waals surface area contributed by atoms with E-state index >= 15 is 0 Å². The van der Waals surface area contributed by atoms with Crippen molar-refractivity contribution in [3.63, 3.8) is 0 Å². The molecule has 9 nitrogen and oxygen atoms in total. The summed E-state index contributed by atoms with van der Waals surface area (Å²) in [6.07, 6.45) is 0.479. The molecule has 4 heterocycles. The first-order chi connectivity index (χ1) is 17.2. The van der Waals surface area contributed by atoms with E-state index in [0.29, 0.717) is 24.2 Å². The Labute approximate surface area is 208 Å². The standard InChI is InChI=1S/C23H24F3N5O4S/c1-31-20(18-3-2-15(27)14(26)7-35-18)16(6-28-31)29-21(32)17-8-36-22(30-17)19-12(24)4-11(5-13(19)25)23(33)9-34-10-23/h4-6,8,14-15,18,33H,2-3,7,9-10,27H2,1H3,(H,29,32). The zero-order chi connectivity index (χ0) is 25.6. The van der Waals surface area contributed by atoms with Crippen molar-refractivity contribution in [2.75, 3.05) is 25.1 Å². The van der Waals surface area contributed by atoms with Crippen LogP contribution in [0.4, 0.5) is 18.9 Å². The van der Waals surface area contributed by atoms with Crippen LogP contribution in [0, 0.1) is 11.6 Å². The van der Waals surface area contributed by atoms with Crippen LogP contribution in [0.2, 0.25) is 0 Å². The minimum Gasteiger partial charge on any atom is -0.380 e. The fourth-order valence-electron chi connectivity index (χ4n) is 4.27. The first kappa shape index (κ1) is 24.8. The van der Waals surface area contributed by atoms with E-state index < -0.39 is 47.0 Å². The van der Waals surface area contributed by atoms with Crippen molar-refractivity contribution in [2.45, 2.75) is 36.8 Å². The van der Waals surface area contributed by atoms with Gasteiger partial charge in [-0.25, -0.2) is 18.2 Å². The number of anilines is 1. The van der Waals surface area contributed by atoms with E-state index in [-0.39, 0.29) is 36.1 Å². The highest BCUT2D eigenvalue weighted by Crippen LogP contribution is 2.36. The number of nitrogens with zero attached hydrogens (tertiary/aromatic N) is 3. The molecule has 13 heteroatoms. The number of halogens is 3. The second-order valence-electron chi connectivity index (χ2n) is 8.98. The van der Waals surface area contributed by atoms with Crippen LogP contribution < -0.4 is 11.1 Å². The molecule has 36 heavy (non-hydrogen) atoms. The number of benzene rings is 1. The number of aliphatic hydroxyl groups is 1. The third-order valence-electron chi connectivity index (χ3n) is 6.43. The molecule has 2 aromatic heterocycles. The summed E-state index contributed by atoms with van der Waals surface area (Å²) in [5.41, 5.74) is 4.92. The van der Waals surface area contributed by atoms with E-state index in [0.717, 1.165) is 23.5 Å². The molecule has 1 amide bonds. The molecule has 3 unspecified atom stereocenters. The topological polar surface area (TPSA) is 125 Å². The van der Waals surface area contributed by atoms with Gasteiger partial charge in [-0.05, 0) is 30.5 Å². The van der Waals surface area contributed by atoms with Crippen LogP contribution in [-0.4, -0.2) is 57.8 Å². The van der Waals surface area contributed by atoms with Gasteiger partial charge < -0.3 is 25.6 Å². The average molecular weight is 524 g/mol. The van der Waals surface area contributed by atoms with E-state index in [1.165, 1.54) is 16.3 Å². The predicted octanol–water partition coefficient (Wildman–Crippen LogP) is 2.81. The number of nitrogens with one attached hydrogen (secondary N) is 1. The molecule has 0 spiro atoms. The zero-order valence-electron chi connectivity index (χ0n) is 19.2. The number of rotatable bonds is 5. The minimum atomic E-state index is -1.42. The Morgan fingerprint density at radius 2 is 2.03 bits per heavy atom. The first-order valence-electron chi connectivity index (χ1n) is 11.3. The normalized spacial score (nSPS) is 23.7. The number of nitrogens with two attached hydrogens (primary N) is 1. The van der Waals surface area contributed by atoms with Gasteiger partial charge in [0, 0.05) is 18.5 Å². The fraction of sp³-hybridized carbons (Fsp3) is 0.435. The lowest BCUT2D eigenvalue weighted by molar-refractivity contribution is -0.184. The van der Waals surface area contributed by atoms with Gasteiger partial charge in [0.2, 0.25) is 0 Å². The van der Waals surface area contributed by atoms with Gasteiger partial charge in [0.05, 0.1) is 43.0 Å². The molecule has 2 aliphatic heterocycles. The van der Waals surface area contributed by atoms with Crippen LogP contribution in [0.1, 0.15) is 40.7 Å². The fourth-order valence-corrected chi connectivity index (χ4v) is 5.11. The van der Waals surface area contributed by atoms with Gasteiger partial charge in [-0.3, -0.25) is 9.48 Å². The number of hydrogen-bond donors (Lipinski definition) is 3. The highest BCUT2D eigenvalue weighted by atomic mass is 32.1. The van der Waals surface area contributed by atoms with Gasteiger partial charge >= 0.3 is 0 Å². The molecule has 3 aromatic rings. The summed E-state index contributed by atoms with van der Waals surface area (Å²) in [4.78, 5) is 17.0. The van der Waals surface area contributed by atoms with Crippen LogP contribution in [0.3, 0.4) is 0 Å². The van der Waals surface area contributed by atoms with Gasteiger partial charge in [-0.15, -0.1) is 11.3 Å². The van der Waals surface area contributed by atoms with E-state index in [2.05, 4.69) is 15.4 Å². The Morgan fingerprint density at radius 3 is 2.69 bits per heavy atom. The Bertz CT molecular complexity index is 1260. The van der Waals surface area contributed by atoms with Crippen LogP contribution in [-0.2, 0) is 22.1 Å². The lowest BCUT2D eigenvalue weighted by Crippen LogP contribution is -2.46. The second-order valence-corrected chi connectivity index (χ2v) is 9.84. The summed E-state index contributed by atoms with van der Waals surface area (Å²) in [7, 11) is 1.68. The van der Waals surface area contributed by atoms with Gasteiger partial charge in [-0.2, -0.15) is 5.10 Å². The van der Waals surface area contributed by atoms with Crippen molar-refractivity contribution in [3.05, 3.63) is 52.3 Å². The van der Waals surface area contributed by atoms with E-state index in [9.17, 15) is 23.1 Å². The molecule has 2 fully saturated rings. The first-order valence-corrected chi connectivity index (χ1v) is 12.1. The number of aryl methyl sites for hydroxylation is 1. The Kier molecular flexibility index (Phi) is 6.59. The summed E-state index contributed by atoms with van der Waals surface area (Å²) in [6, 6.07) is 1.46. The van der Waals surface area contributed by atoms with Crippen molar-refractivity contribution < 1.29 is 32.5 Å². The average Bonchev–Trinajstić information content (AvgIpc) is 3.40. The Balaban J connectivity index is 1.35. The molecule has 0 aliphatic carbocycles. The van der Waals surface area contributed by atoms with Gasteiger partial charge in [0.25, 0.3) is 5.91 Å². The molecule has 5 rings (SSSR count). The van der Waals surface area contributed by atoms with Crippen molar-refractivity contribution in [3.8, 4) is 10.6 Å². The number of thiazole rings is 1. The highest BCUT2D eigenvalue weighted by molar-refractivity contribution is 7.13. The molecule has 0 radical (unpaired) electrons. The summed E-state index contributed by atoms with van der Waals surface area (Å²) in [5, 5.41) is 18.5. The maximum atomic E-state index is 14.8. The minimum absolute atomic E-state index is 0.0277. The lowest BCUT2D eigenvalue weighted by Gasteiger charge is -2.36. The molecular formula is C23H24F3N5O4S. The number of carbonyl (C=O) groups excluding carboxylic acids is 1. The molecule has 2 saturated heterocycles. The second kappa shape index (κ2) is 9.56. The number of alkyl halides is 1. The molecule has 1 aromatic carbocycles. The number of ether oxygens (including phenoxy) is 2. The third kappa shape index (κ3) is 4.52. The van der Waals surface area contributed by atoms with Crippen molar-refractivity contribution in [1.82, 2.24) is 14.8 Å².